The number of halogens is 1. The van der Waals surface area contributed by atoms with Crippen molar-refractivity contribution >= 4 is 29.4 Å². The molecule has 1 aliphatic heterocycles. The fourth-order valence-electron chi connectivity index (χ4n) is 1.85. The molecule has 0 saturated carbocycles. The molecule has 0 atom stereocenters. The van der Waals surface area contributed by atoms with E-state index in [1.54, 1.807) is 18.3 Å². The van der Waals surface area contributed by atoms with Crippen molar-refractivity contribution in [2.45, 2.75) is 0 Å². The molecule has 20 heavy (non-hydrogen) atoms. The maximum atomic E-state index is 11.9. The van der Waals surface area contributed by atoms with E-state index >= 15 is 0 Å². The molecule has 4 nitrogen and oxygen atoms in total. The smallest absolute Gasteiger partial charge is 0.275 e. The van der Waals surface area contributed by atoms with Crippen molar-refractivity contribution in [3.05, 3.63) is 70.6 Å². The van der Waals surface area contributed by atoms with Gasteiger partial charge in [-0.05, 0) is 30.3 Å². The molecular formula is C15H10ClN3O. The van der Waals surface area contributed by atoms with Crippen molar-refractivity contribution in [3.63, 3.8) is 0 Å². The second-order valence-electron chi connectivity index (χ2n) is 4.18. The first-order chi connectivity index (χ1) is 9.74. The first kappa shape index (κ1) is 12.6. The Bertz CT molecular complexity index is 723. The molecule has 0 aliphatic carbocycles. The van der Waals surface area contributed by atoms with Crippen molar-refractivity contribution < 1.29 is 4.79 Å². The largest absolute Gasteiger partial charge is 0.305 e. The molecule has 0 bridgehead atoms. The second kappa shape index (κ2) is 5.27. The fourth-order valence-corrected chi connectivity index (χ4v) is 2.08. The van der Waals surface area contributed by atoms with Crippen molar-refractivity contribution in [1.29, 1.82) is 0 Å². The highest BCUT2D eigenvalue weighted by Gasteiger charge is 2.22. The Balaban J connectivity index is 1.98. The van der Waals surface area contributed by atoms with Gasteiger partial charge in [0, 0.05) is 11.8 Å². The summed E-state index contributed by atoms with van der Waals surface area (Å²) in [5.74, 6) is 0.202. The predicted octanol–water partition coefficient (Wildman–Crippen LogP) is 2.65. The quantitative estimate of drug-likeness (QED) is 0.862. The Morgan fingerprint density at radius 3 is 2.65 bits per heavy atom. The molecule has 3 rings (SSSR count). The third-order valence-electron chi connectivity index (χ3n) is 2.80. The minimum absolute atomic E-state index is 0.259. The zero-order chi connectivity index (χ0) is 13.9. The van der Waals surface area contributed by atoms with E-state index < -0.39 is 0 Å². The van der Waals surface area contributed by atoms with Crippen molar-refractivity contribution in [2.75, 3.05) is 0 Å². The molecule has 98 valence electrons. The first-order valence-electron chi connectivity index (χ1n) is 6.02. The number of nitrogens with one attached hydrogen (secondary N) is 1. The topological polar surface area (TPSA) is 54.4 Å². The average Bonchev–Trinajstić information content (AvgIpc) is 2.81. The number of pyridine rings is 1. The second-order valence-corrected chi connectivity index (χ2v) is 4.59. The van der Waals surface area contributed by atoms with Crippen LogP contribution in [0.15, 0.2) is 59.4 Å². The Morgan fingerprint density at radius 1 is 1.10 bits per heavy atom. The highest BCUT2D eigenvalue weighted by Crippen LogP contribution is 2.19. The van der Waals surface area contributed by atoms with Crippen LogP contribution in [0.25, 0.3) is 6.08 Å². The molecule has 1 aromatic heterocycles. The van der Waals surface area contributed by atoms with E-state index in [-0.39, 0.29) is 5.91 Å². The number of aromatic nitrogens is 1. The van der Waals surface area contributed by atoms with Crippen LogP contribution < -0.4 is 5.32 Å². The highest BCUT2D eigenvalue weighted by molar-refractivity contribution is 6.35. The molecule has 0 unspecified atom stereocenters. The summed E-state index contributed by atoms with van der Waals surface area (Å²) in [7, 11) is 0. The van der Waals surface area contributed by atoms with Gasteiger partial charge in [0.1, 0.15) is 11.5 Å². The molecule has 0 saturated heterocycles. The SMILES string of the molecule is O=C1NC(c2ccccc2Cl)=N/C1=C/c1ccccn1. The van der Waals surface area contributed by atoms with Crippen LogP contribution in [-0.4, -0.2) is 16.7 Å². The lowest BCUT2D eigenvalue weighted by Gasteiger charge is -2.01. The number of hydrogen-bond acceptors (Lipinski definition) is 3. The number of benzene rings is 1. The van der Waals surface area contributed by atoms with Crippen LogP contribution in [0.5, 0.6) is 0 Å². The van der Waals surface area contributed by atoms with Gasteiger partial charge in [-0.15, -0.1) is 0 Å². The van der Waals surface area contributed by atoms with Gasteiger partial charge >= 0.3 is 0 Å². The van der Waals surface area contributed by atoms with Gasteiger partial charge in [-0.1, -0.05) is 29.8 Å². The van der Waals surface area contributed by atoms with Crippen LogP contribution in [0.1, 0.15) is 11.3 Å². The van der Waals surface area contributed by atoms with E-state index in [0.717, 1.165) is 0 Å². The number of carbonyl (C=O) groups excluding carboxylic acids is 1. The molecule has 1 aromatic carbocycles. The average molecular weight is 284 g/mol. The third-order valence-corrected chi connectivity index (χ3v) is 3.13. The molecule has 2 heterocycles. The summed E-state index contributed by atoms with van der Waals surface area (Å²) in [5.41, 5.74) is 1.70. The molecule has 2 aromatic rings. The third kappa shape index (κ3) is 2.46. The van der Waals surface area contributed by atoms with E-state index in [9.17, 15) is 4.79 Å². The number of carbonyl (C=O) groups is 1. The van der Waals surface area contributed by atoms with E-state index in [4.69, 9.17) is 11.6 Å². The molecule has 1 amide bonds. The molecular weight excluding hydrogens is 274 g/mol. The summed E-state index contributed by atoms with van der Waals surface area (Å²) >= 11 is 6.10. The van der Waals surface area contributed by atoms with Crippen LogP contribution in [0.3, 0.4) is 0 Å². The Labute approximate surface area is 120 Å². The van der Waals surface area contributed by atoms with Crippen LogP contribution in [0.2, 0.25) is 5.02 Å². The van der Waals surface area contributed by atoms with Crippen LogP contribution in [-0.2, 0) is 4.79 Å². The molecule has 0 fully saturated rings. The van der Waals surface area contributed by atoms with Gasteiger partial charge in [-0.3, -0.25) is 9.78 Å². The number of amides is 1. The van der Waals surface area contributed by atoms with Crippen LogP contribution in [0.4, 0.5) is 0 Å². The summed E-state index contributed by atoms with van der Waals surface area (Å²) in [6, 6.07) is 12.7. The Hall–Kier alpha value is -2.46. The zero-order valence-corrected chi connectivity index (χ0v) is 11.1. The normalized spacial score (nSPS) is 16.1. The van der Waals surface area contributed by atoms with Gasteiger partial charge in [0.2, 0.25) is 0 Å². The maximum Gasteiger partial charge on any atom is 0.275 e. The van der Waals surface area contributed by atoms with Crippen LogP contribution >= 0.6 is 11.6 Å². The van der Waals surface area contributed by atoms with Gasteiger partial charge in [-0.25, -0.2) is 4.99 Å². The molecule has 0 spiro atoms. The van der Waals surface area contributed by atoms with Crippen molar-refractivity contribution in [1.82, 2.24) is 10.3 Å². The van der Waals surface area contributed by atoms with E-state index in [0.29, 0.717) is 27.8 Å². The van der Waals surface area contributed by atoms with Crippen LogP contribution in [0, 0.1) is 0 Å². The number of aliphatic imine (C=N–C) groups is 1. The zero-order valence-electron chi connectivity index (χ0n) is 10.4. The summed E-state index contributed by atoms with van der Waals surface area (Å²) in [5, 5.41) is 3.26. The van der Waals surface area contributed by atoms with E-state index in [1.165, 1.54) is 0 Å². The Kier molecular flexibility index (Phi) is 3.31. The van der Waals surface area contributed by atoms with Gasteiger partial charge < -0.3 is 5.32 Å². The lowest BCUT2D eigenvalue weighted by atomic mass is 10.2. The predicted molar refractivity (Wildman–Crippen MR) is 78.3 cm³/mol. The lowest BCUT2D eigenvalue weighted by Crippen LogP contribution is -2.24. The van der Waals surface area contributed by atoms with Crippen molar-refractivity contribution in [2.24, 2.45) is 4.99 Å². The van der Waals surface area contributed by atoms with Gasteiger partial charge in [-0.2, -0.15) is 0 Å². The molecule has 0 radical (unpaired) electrons. The monoisotopic (exact) mass is 283 g/mol. The summed E-state index contributed by atoms with van der Waals surface area (Å²) in [6.07, 6.45) is 3.30. The standard InChI is InChI=1S/C15H10ClN3O/c16-12-7-2-1-6-11(12)14-18-13(15(20)19-14)9-10-5-3-4-8-17-10/h1-9H,(H,18,19,20)/b13-9+. The van der Waals surface area contributed by atoms with Gasteiger partial charge in [0.15, 0.2) is 0 Å². The molecule has 1 N–H and O–H groups in total. The van der Waals surface area contributed by atoms with E-state index in [1.807, 2.05) is 36.4 Å². The van der Waals surface area contributed by atoms with Crippen molar-refractivity contribution in [3.8, 4) is 0 Å². The highest BCUT2D eigenvalue weighted by atomic mass is 35.5. The summed E-state index contributed by atoms with van der Waals surface area (Å²) < 4.78 is 0. The van der Waals surface area contributed by atoms with Gasteiger partial charge in [0.05, 0.1) is 10.7 Å². The first-order valence-corrected chi connectivity index (χ1v) is 6.39. The summed E-state index contributed by atoms with van der Waals surface area (Å²) in [4.78, 5) is 20.3. The minimum Gasteiger partial charge on any atom is -0.305 e. The fraction of sp³-hybridized carbons (Fsp3) is 0. The number of nitrogens with zero attached hydrogens (tertiary/aromatic N) is 2. The molecule has 1 aliphatic rings. The number of rotatable bonds is 2. The summed E-state index contributed by atoms with van der Waals surface area (Å²) in [6.45, 7) is 0. The van der Waals surface area contributed by atoms with Gasteiger partial charge in [0.25, 0.3) is 5.91 Å². The Morgan fingerprint density at radius 2 is 1.90 bits per heavy atom. The molecule has 5 heteroatoms. The number of hydrogen-bond donors (Lipinski definition) is 1. The minimum atomic E-state index is -0.259. The van der Waals surface area contributed by atoms with E-state index in [2.05, 4.69) is 15.3 Å². The number of amidine groups is 1. The maximum absolute atomic E-state index is 11.9. The lowest BCUT2D eigenvalue weighted by molar-refractivity contribution is -0.115.